The van der Waals surface area contributed by atoms with E-state index >= 15 is 0 Å². The van der Waals surface area contributed by atoms with Crippen LogP contribution < -0.4 is 5.32 Å². The van der Waals surface area contributed by atoms with Gasteiger partial charge in [-0.15, -0.1) is 0 Å². The molecule has 0 radical (unpaired) electrons. The summed E-state index contributed by atoms with van der Waals surface area (Å²) in [5.74, 6) is -0.0885. The summed E-state index contributed by atoms with van der Waals surface area (Å²) in [5.41, 5.74) is 0.247. The van der Waals surface area contributed by atoms with Crippen LogP contribution in [-0.2, 0) is 10.0 Å². The molecule has 1 N–H and O–H groups in total. The Morgan fingerprint density at radius 1 is 1.33 bits per heavy atom. The van der Waals surface area contributed by atoms with Crippen LogP contribution in [0.4, 0.5) is 4.39 Å². The van der Waals surface area contributed by atoms with Crippen LogP contribution in [0.3, 0.4) is 0 Å². The smallest absolute Gasteiger partial charge is 0.246 e. The molecule has 4 nitrogen and oxygen atoms in total. The Hall–Kier alpha value is -0.980. The van der Waals surface area contributed by atoms with Crippen molar-refractivity contribution in [1.82, 2.24) is 9.62 Å². The molecule has 1 aromatic rings. The van der Waals surface area contributed by atoms with Crippen LogP contribution in [0, 0.1) is 24.6 Å². The van der Waals surface area contributed by atoms with E-state index in [-0.39, 0.29) is 10.8 Å². The van der Waals surface area contributed by atoms with E-state index in [0.717, 1.165) is 18.7 Å². The minimum atomic E-state index is -3.81. The first-order chi connectivity index (χ1) is 9.74. The Labute approximate surface area is 125 Å². The maximum absolute atomic E-state index is 14.0. The number of rotatable bonds is 2. The molecule has 0 aromatic heterocycles. The van der Waals surface area contributed by atoms with Crippen LogP contribution >= 0.6 is 0 Å². The molecule has 0 spiro atoms. The minimum Gasteiger partial charge on any atom is -0.316 e. The van der Waals surface area contributed by atoms with Gasteiger partial charge in [-0.2, -0.15) is 4.31 Å². The number of hydrogen-bond donors (Lipinski definition) is 1. The van der Waals surface area contributed by atoms with Crippen molar-refractivity contribution in [2.45, 2.75) is 31.2 Å². The first kappa shape index (κ1) is 14.9. The molecule has 2 aliphatic rings. The van der Waals surface area contributed by atoms with Gasteiger partial charge in [0.1, 0.15) is 10.7 Å². The van der Waals surface area contributed by atoms with Gasteiger partial charge in [-0.1, -0.05) is 6.07 Å². The molecule has 6 heteroatoms. The summed E-state index contributed by atoms with van der Waals surface area (Å²) in [6.45, 7) is 7.76. The summed E-state index contributed by atoms with van der Waals surface area (Å²) in [7, 11) is -3.81. The van der Waals surface area contributed by atoms with Crippen LogP contribution in [0.1, 0.15) is 19.4 Å². The highest BCUT2D eigenvalue weighted by Gasteiger charge is 2.54. The van der Waals surface area contributed by atoms with E-state index in [1.165, 1.54) is 16.4 Å². The molecule has 3 rings (SSSR count). The number of nitrogens with zero attached hydrogens (tertiary/aromatic N) is 1. The van der Waals surface area contributed by atoms with Gasteiger partial charge in [-0.05, 0) is 56.8 Å². The highest BCUT2D eigenvalue weighted by Crippen LogP contribution is 2.43. The van der Waals surface area contributed by atoms with Gasteiger partial charge in [-0.3, -0.25) is 0 Å². The average molecular weight is 312 g/mol. The number of halogens is 1. The third-order valence-corrected chi connectivity index (χ3v) is 7.01. The van der Waals surface area contributed by atoms with Gasteiger partial charge >= 0.3 is 0 Å². The summed E-state index contributed by atoms with van der Waals surface area (Å²) < 4.78 is 41.4. The van der Waals surface area contributed by atoms with Crippen molar-refractivity contribution in [1.29, 1.82) is 0 Å². The Kier molecular flexibility index (Phi) is 3.39. The van der Waals surface area contributed by atoms with E-state index in [9.17, 15) is 12.8 Å². The maximum Gasteiger partial charge on any atom is 0.246 e. The zero-order valence-corrected chi connectivity index (χ0v) is 13.4. The van der Waals surface area contributed by atoms with Gasteiger partial charge in [0.15, 0.2) is 0 Å². The van der Waals surface area contributed by atoms with E-state index in [1.54, 1.807) is 13.0 Å². The molecule has 21 heavy (non-hydrogen) atoms. The van der Waals surface area contributed by atoms with Gasteiger partial charge in [0.05, 0.1) is 0 Å². The third-order valence-electron chi connectivity index (χ3n) is 4.95. The Bertz CT molecular complexity index is 672. The number of nitrogens with one attached hydrogen (secondary N) is 1. The maximum atomic E-state index is 14.0. The third kappa shape index (κ3) is 2.20. The van der Waals surface area contributed by atoms with E-state index in [4.69, 9.17) is 0 Å². The molecule has 1 aromatic carbocycles. The normalized spacial score (nSPS) is 28.8. The number of benzene rings is 1. The number of fused-ring (bicyclic) bond motifs is 1. The average Bonchev–Trinajstić information content (AvgIpc) is 2.95. The van der Waals surface area contributed by atoms with Crippen molar-refractivity contribution in [2.24, 2.45) is 11.8 Å². The molecule has 116 valence electrons. The summed E-state index contributed by atoms with van der Waals surface area (Å²) in [5, 5.41) is 3.32. The zero-order valence-electron chi connectivity index (χ0n) is 12.6. The van der Waals surface area contributed by atoms with E-state index in [2.05, 4.69) is 5.32 Å². The van der Waals surface area contributed by atoms with Gasteiger partial charge in [0.2, 0.25) is 10.0 Å². The Morgan fingerprint density at radius 2 is 2.05 bits per heavy atom. The molecule has 2 unspecified atom stereocenters. The Morgan fingerprint density at radius 3 is 2.71 bits per heavy atom. The van der Waals surface area contributed by atoms with Crippen molar-refractivity contribution in [2.75, 3.05) is 19.6 Å². The summed E-state index contributed by atoms with van der Waals surface area (Å²) >= 11 is 0. The predicted molar refractivity (Wildman–Crippen MR) is 79.0 cm³/mol. The molecule has 0 bridgehead atoms. The minimum absolute atomic E-state index is 0.205. The lowest BCUT2D eigenvalue weighted by atomic mass is 9.85. The lowest BCUT2D eigenvalue weighted by Crippen LogP contribution is -2.47. The molecule has 0 amide bonds. The summed E-state index contributed by atoms with van der Waals surface area (Å²) in [6, 6.07) is 4.24. The number of sulfonamides is 1. The van der Waals surface area contributed by atoms with Crippen LogP contribution in [0.2, 0.25) is 0 Å². The van der Waals surface area contributed by atoms with E-state index in [1.807, 2.05) is 13.8 Å². The molecule has 2 atom stereocenters. The topological polar surface area (TPSA) is 49.4 Å². The molecular weight excluding hydrogens is 291 g/mol. The highest BCUT2D eigenvalue weighted by atomic mass is 32.2. The van der Waals surface area contributed by atoms with Crippen LogP contribution in [-0.4, -0.2) is 37.9 Å². The largest absolute Gasteiger partial charge is 0.316 e. The highest BCUT2D eigenvalue weighted by molar-refractivity contribution is 7.89. The van der Waals surface area contributed by atoms with Crippen LogP contribution in [0.25, 0.3) is 0 Å². The van der Waals surface area contributed by atoms with Crippen molar-refractivity contribution in [3.05, 3.63) is 29.6 Å². The van der Waals surface area contributed by atoms with E-state index < -0.39 is 21.4 Å². The van der Waals surface area contributed by atoms with Crippen molar-refractivity contribution >= 4 is 10.0 Å². The number of aryl methyl sites for hydroxylation is 1. The van der Waals surface area contributed by atoms with Gasteiger partial charge < -0.3 is 5.32 Å². The summed E-state index contributed by atoms with van der Waals surface area (Å²) in [6.07, 6.45) is 0. The van der Waals surface area contributed by atoms with Crippen molar-refractivity contribution < 1.29 is 12.8 Å². The molecule has 2 heterocycles. The van der Waals surface area contributed by atoms with E-state index in [0.29, 0.717) is 12.5 Å². The van der Waals surface area contributed by atoms with Crippen molar-refractivity contribution in [3.8, 4) is 0 Å². The predicted octanol–water partition coefficient (Wildman–Crippen LogP) is 1.75. The standard InChI is InChI=1S/C15H21FN2O2S/c1-10-4-5-13(16)14(6-10)21(19,20)18-9-11-7-17-8-12(11)15(18,2)3/h4-6,11-12,17H,7-9H2,1-3H3. The molecule has 2 fully saturated rings. The molecule has 0 saturated carbocycles. The monoisotopic (exact) mass is 312 g/mol. The van der Waals surface area contributed by atoms with Gasteiger partial charge in [-0.25, -0.2) is 12.8 Å². The molecule has 2 aliphatic heterocycles. The number of hydrogen-bond acceptors (Lipinski definition) is 3. The second-order valence-electron chi connectivity index (χ2n) is 6.65. The lowest BCUT2D eigenvalue weighted by Gasteiger charge is -2.34. The van der Waals surface area contributed by atoms with Gasteiger partial charge in [0.25, 0.3) is 0 Å². The fourth-order valence-corrected chi connectivity index (χ4v) is 5.75. The lowest BCUT2D eigenvalue weighted by molar-refractivity contribution is 0.232. The first-order valence-corrected chi connectivity index (χ1v) is 8.68. The Balaban J connectivity index is 2.05. The fourth-order valence-electron chi connectivity index (χ4n) is 3.72. The fraction of sp³-hybridized carbons (Fsp3) is 0.600. The summed E-state index contributed by atoms with van der Waals surface area (Å²) in [4.78, 5) is -0.205. The molecule has 2 saturated heterocycles. The quantitative estimate of drug-likeness (QED) is 0.905. The zero-order chi connectivity index (χ0) is 15.4. The molecular formula is C15H21FN2O2S. The van der Waals surface area contributed by atoms with Crippen LogP contribution in [0.5, 0.6) is 0 Å². The second kappa shape index (κ2) is 4.76. The first-order valence-electron chi connectivity index (χ1n) is 7.24. The van der Waals surface area contributed by atoms with Crippen molar-refractivity contribution in [3.63, 3.8) is 0 Å². The van der Waals surface area contributed by atoms with Crippen LogP contribution in [0.15, 0.2) is 23.1 Å². The molecule has 0 aliphatic carbocycles. The SMILES string of the molecule is Cc1ccc(F)c(S(=O)(=O)N2CC3CNCC3C2(C)C)c1. The van der Waals surface area contributed by atoms with Gasteiger partial charge in [0, 0.05) is 18.6 Å². The second-order valence-corrected chi connectivity index (χ2v) is 8.48.